The van der Waals surface area contributed by atoms with Crippen LogP contribution >= 0.6 is 0 Å². The Kier molecular flexibility index (Phi) is 5.44. The lowest BCUT2D eigenvalue weighted by atomic mass is 10.1. The molecule has 0 aliphatic rings. The maximum atomic E-state index is 11.8. The molecule has 0 aliphatic heterocycles. The van der Waals surface area contributed by atoms with Crippen LogP contribution in [0.15, 0.2) is 24.3 Å². The summed E-state index contributed by atoms with van der Waals surface area (Å²) < 4.78 is 11.5. The van der Waals surface area contributed by atoms with E-state index in [0.717, 1.165) is 0 Å². The van der Waals surface area contributed by atoms with Crippen molar-refractivity contribution in [1.29, 1.82) is 0 Å². The topological polar surface area (TPSA) is 89.3 Å². The van der Waals surface area contributed by atoms with Gasteiger partial charge in [0.25, 0.3) is 5.91 Å². The number of benzene rings is 1. The summed E-state index contributed by atoms with van der Waals surface area (Å²) in [5.74, 6) is -0.376. The molecule has 2 amide bonds. The van der Waals surface area contributed by atoms with E-state index in [-0.39, 0.29) is 10.7 Å². The number of nitrogens with two attached hydrogens (primary N) is 1. The zero-order chi connectivity index (χ0) is 15.3. The predicted molar refractivity (Wildman–Crippen MR) is 80.1 cm³/mol. The van der Waals surface area contributed by atoms with Gasteiger partial charge in [-0.2, -0.15) is 0 Å². The van der Waals surface area contributed by atoms with E-state index >= 15 is 0 Å². The minimum atomic E-state index is -0.996. The third kappa shape index (κ3) is 4.77. The van der Waals surface area contributed by atoms with Crippen LogP contribution in [0.4, 0.5) is 0 Å². The van der Waals surface area contributed by atoms with Crippen LogP contribution in [0.3, 0.4) is 0 Å². The van der Waals surface area contributed by atoms with Gasteiger partial charge in [-0.05, 0) is 45.0 Å². The standard InChI is InChI=1S/C14H20N2O3S/c1-14(2,3)20(19)9-8-16-13(18)11-6-4-10(5-7-11)12(15)17/h4-7H,8-9H2,1-3H3,(H2,15,17)(H,16,18). The summed E-state index contributed by atoms with van der Waals surface area (Å²) in [5.41, 5.74) is 5.92. The molecule has 0 radical (unpaired) electrons. The molecule has 20 heavy (non-hydrogen) atoms. The predicted octanol–water partition coefficient (Wildman–Crippen LogP) is 1.06. The minimum absolute atomic E-state index is 0.257. The van der Waals surface area contributed by atoms with Crippen molar-refractivity contribution in [3.63, 3.8) is 0 Å². The molecule has 1 atom stereocenters. The number of hydrogen-bond donors (Lipinski definition) is 2. The van der Waals surface area contributed by atoms with Gasteiger partial charge in [0.1, 0.15) is 0 Å². The van der Waals surface area contributed by atoms with Crippen LogP contribution in [0.1, 0.15) is 41.5 Å². The van der Waals surface area contributed by atoms with Gasteiger partial charge in [0.05, 0.1) is 0 Å². The summed E-state index contributed by atoms with van der Waals surface area (Å²) in [4.78, 5) is 22.7. The van der Waals surface area contributed by atoms with Crippen molar-refractivity contribution in [2.45, 2.75) is 25.5 Å². The average Bonchev–Trinajstić information content (AvgIpc) is 2.37. The molecule has 0 fully saturated rings. The van der Waals surface area contributed by atoms with E-state index in [1.165, 1.54) is 24.3 Å². The van der Waals surface area contributed by atoms with Crippen LogP contribution in [-0.2, 0) is 10.8 Å². The second-order valence-corrected chi connectivity index (χ2v) is 7.68. The number of primary amides is 1. The largest absolute Gasteiger partial charge is 0.366 e. The SMILES string of the molecule is CC(C)(C)S(=O)CCNC(=O)c1ccc(C(N)=O)cc1. The fourth-order valence-corrected chi connectivity index (χ4v) is 2.35. The van der Waals surface area contributed by atoms with Gasteiger partial charge in [0, 0.05) is 39.0 Å². The van der Waals surface area contributed by atoms with Crippen LogP contribution in [-0.4, -0.2) is 33.1 Å². The normalized spacial score (nSPS) is 12.8. The number of rotatable bonds is 5. The van der Waals surface area contributed by atoms with Gasteiger partial charge in [-0.1, -0.05) is 0 Å². The van der Waals surface area contributed by atoms with E-state index in [2.05, 4.69) is 5.32 Å². The molecule has 0 aromatic heterocycles. The highest BCUT2D eigenvalue weighted by atomic mass is 32.2. The summed E-state index contributed by atoms with van der Waals surface area (Å²) in [5, 5.41) is 2.70. The summed E-state index contributed by atoms with van der Waals surface area (Å²) in [7, 11) is -0.996. The van der Waals surface area contributed by atoms with Crippen molar-refractivity contribution in [2.24, 2.45) is 5.73 Å². The maximum Gasteiger partial charge on any atom is 0.251 e. The second-order valence-electron chi connectivity index (χ2n) is 5.36. The van der Waals surface area contributed by atoms with E-state index in [1.807, 2.05) is 20.8 Å². The third-order valence-corrected chi connectivity index (χ3v) is 4.63. The summed E-state index contributed by atoms with van der Waals surface area (Å²) in [6, 6.07) is 6.08. The second kappa shape index (κ2) is 6.65. The molecule has 0 saturated carbocycles. The highest BCUT2D eigenvalue weighted by Gasteiger charge is 2.19. The molecule has 3 N–H and O–H groups in total. The lowest BCUT2D eigenvalue weighted by Gasteiger charge is -2.17. The van der Waals surface area contributed by atoms with E-state index in [4.69, 9.17) is 5.73 Å². The van der Waals surface area contributed by atoms with Crippen molar-refractivity contribution in [3.05, 3.63) is 35.4 Å². The molecule has 0 spiro atoms. The average molecular weight is 296 g/mol. The molecule has 1 aromatic carbocycles. The van der Waals surface area contributed by atoms with Crippen molar-refractivity contribution in [1.82, 2.24) is 5.32 Å². The first kappa shape index (κ1) is 16.4. The smallest absolute Gasteiger partial charge is 0.251 e. The Hall–Kier alpha value is -1.69. The number of amides is 2. The molecule has 110 valence electrons. The number of nitrogens with one attached hydrogen (secondary N) is 1. The minimum Gasteiger partial charge on any atom is -0.366 e. The van der Waals surface area contributed by atoms with E-state index in [1.54, 1.807) is 0 Å². The lowest BCUT2D eigenvalue weighted by molar-refractivity contribution is 0.0953. The van der Waals surface area contributed by atoms with E-state index < -0.39 is 16.7 Å². The maximum absolute atomic E-state index is 11.8. The van der Waals surface area contributed by atoms with Crippen LogP contribution in [0.2, 0.25) is 0 Å². The number of carbonyl (C=O) groups excluding carboxylic acids is 2. The Bertz CT molecular complexity index is 518. The molecule has 6 heteroatoms. The van der Waals surface area contributed by atoms with Crippen LogP contribution < -0.4 is 11.1 Å². The van der Waals surface area contributed by atoms with Gasteiger partial charge in [-0.3, -0.25) is 13.8 Å². The van der Waals surface area contributed by atoms with Crippen molar-refractivity contribution >= 4 is 22.6 Å². The molecule has 0 bridgehead atoms. The summed E-state index contributed by atoms with van der Waals surface area (Å²) >= 11 is 0. The molecule has 1 aromatic rings. The third-order valence-electron chi connectivity index (χ3n) is 2.69. The molecular weight excluding hydrogens is 276 g/mol. The molecule has 0 saturated heterocycles. The van der Waals surface area contributed by atoms with Crippen LogP contribution in [0, 0.1) is 0 Å². The van der Waals surface area contributed by atoms with Crippen LogP contribution in [0.25, 0.3) is 0 Å². The molecule has 0 heterocycles. The van der Waals surface area contributed by atoms with Crippen molar-refractivity contribution in [2.75, 3.05) is 12.3 Å². The Labute approximate surface area is 121 Å². The van der Waals surface area contributed by atoms with E-state index in [9.17, 15) is 13.8 Å². The highest BCUT2D eigenvalue weighted by molar-refractivity contribution is 7.86. The molecule has 0 aliphatic carbocycles. The van der Waals surface area contributed by atoms with Gasteiger partial charge in [-0.25, -0.2) is 0 Å². The summed E-state index contributed by atoms with van der Waals surface area (Å²) in [6.45, 7) is 6.04. The van der Waals surface area contributed by atoms with Crippen molar-refractivity contribution in [3.8, 4) is 0 Å². The van der Waals surface area contributed by atoms with E-state index in [0.29, 0.717) is 23.4 Å². The van der Waals surface area contributed by atoms with Gasteiger partial charge in [0.2, 0.25) is 5.91 Å². The monoisotopic (exact) mass is 296 g/mol. The fraction of sp³-hybridized carbons (Fsp3) is 0.429. The van der Waals surface area contributed by atoms with Crippen LogP contribution in [0.5, 0.6) is 0 Å². The molecule has 5 nitrogen and oxygen atoms in total. The molecular formula is C14H20N2O3S. The van der Waals surface area contributed by atoms with Gasteiger partial charge < -0.3 is 11.1 Å². The molecule has 1 rings (SSSR count). The fourth-order valence-electron chi connectivity index (χ4n) is 1.45. The zero-order valence-corrected chi connectivity index (χ0v) is 12.8. The Morgan fingerprint density at radius 1 is 1.15 bits per heavy atom. The number of carbonyl (C=O) groups is 2. The zero-order valence-electron chi connectivity index (χ0n) is 11.9. The Morgan fingerprint density at radius 2 is 1.65 bits per heavy atom. The Balaban J connectivity index is 2.51. The van der Waals surface area contributed by atoms with Crippen molar-refractivity contribution < 1.29 is 13.8 Å². The first-order valence-electron chi connectivity index (χ1n) is 6.28. The molecule has 1 unspecified atom stereocenters. The lowest BCUT2D eigenvalue weighted by Crippen LogP contribution is -2.32. The quantitative estimate of drug-likeness (QED) is 0.851. The Morgan fingerprint density at radius 3 is 2.10 bits per heavy atom. The van der Waals surface area contributed by atoms with Gasteiger partial charge in [-0.15, -0.1) is 0 Å². The first-order chi connectivity index (χ1) is 9.21. The summed E-state index contributed by atoms with van der Waals surface area (Å²) in [6.07, 6.45) is 0. The highest BCUT2D eigenvalue weighted by Crippen LogP contribution is 2.10. The first-order valence-corrected chi connectivity index (χ1v) is 7.60. The number of hydrogen-bond acceptors (Lipinski definition) is 3. The van der Waals surface area contributed by atoms with Gasteiger partial charge >= 0.3 is 0 Å². The van der Waals surface area contributed by atoms with Gasteiger partial charge in [0.15, 0.2) is 0 Å².